The van der Waals surface area contributed by atoms with Gasteiger partial charge in [-0.15, -0.1) is 6.58 Å². The number of hydrogen-bond acceptors (Lipinski definition) is 7. The third-order valence-electron chi connectivity index (χ3n) is 4.55. The van der Waals surface area contributed by atoms with Crippen molar-refractivity contribution in [3.63, 3.8) is 0 Å². The highest BCUT2D eigenvalue weighted by molar-refractivity contribution is 5.99. The molecule has 8 heteroatoms. The van der Waals surface area contributed by atoms with Gasteiger partial charge in [-0.05, 0) is 41.2 Å². The first kappa shape index (κ1) is 22.5. The van der Waals surface area contributed by atoms with Crippen LogP contribution >= 0.6 is 0 Å². The molecular weight excluding hydrogens is 376 g/mol. The summed E-state index contributed by atoms with van der Waals surface area (Å²) in [5.41, 5.74) is 3.74. The maximum Gasteiger partial charge on any atom is 0.355 e. The molecule has 1 aromatic heterocycles. The minimum absolute atomic E-state index is 0.197. The second kappa shape index (κ2) is 10.7. The molecule has 2 aromatic rings. The number of aliphatic hydroxyl groups excluding tert-OH is 4. The molecule has 0 bridgehead atoms. The average molecular weight is 402 g/mol. The van der Waals surface area contributed by atoms with E-state index in [4.69, 9.17) is 9.84 Å². The zero-order valence-corrected chi connectivity index (χ0v) is 16.3. The van der Waals surface area contributed by atoms with Crippen molar-refractivity contribution >= 4 is 12.2 Å². The van der Waals surface area contributed by atoms with Gasteiger partial charge < -0.3 is 30.1 Å². The molecule has 2 rings (SSSR count). The van der Waals surface area contributed by atoms with Crippen LogP contribution in [0.15, 0.2) is 29.8 Å². The number of nitrogens with zero attached hydrogens (tertiary/aromatic N) is 1. The third kappa shape index (κ3) is 4.63. The lowest BCUT2D eigenvalue weighted by Crippen LogP contribution is -2.08. The van der Waals surface area contributed by atoms with Gasteiger partial charge in [0.25, 0.3) is 0 Å². The monoisotopic (exact) mass is 402 g/mol. The summed E-state index contributed by atoms with van der Waals surface area (Å²) >= 11 is 0. The molecule has 0 unspecified atom stereocenters. The molecule has 0 aliphatic heterocycles. The standard InChI is InChI=1S/C21H26N2O6/c1-3-5-15-19(14-7-6-13(9-24)16(10-25)17(14)11-26)18(8-22-12-27)23-20(15)21(28)29-4-2/h3,6-8,23-27H,1,4-5,9-12H2,2H3/b22-8+. The molecule has 0 aliphatic rings. The quantitative estimate of drug-likeness (QED) is 0.232. The van der Waals surface area contributed by atoms with Gasteiger partial charge in [-0.2, -0.15) is 0 Å². The minimum Gasteiger partial charge on any atom is -0.461 e. The van der Waals surface area contributed by atoms with E-state index in [1.807, 2.05) is 0 Å². The van der Waals surface area contributed by atoms with E-state index in [0.29, 0.717) is 45.5 Å². The molecule has 29 heavy (non-hydrogen) atoms. The van der Waals surface area contributed by atoms with Crippen molar-refractivity contribution in [2.45, 2.75) is 33.2 Å². The Hall–Kier alpha value is -2.78. The maximum atomic E-state index is 12.5. The van der Waals surface area contributed by atoms with Gasteiger partial charge in [0.2, 0.25) is 0 Å². The van der Waals surface area contributed by atoms with Gasteiger partial charge in [0.05, 0.1) is 32.1 Å². The SMILES string of the molecule is C=CCc1c(C(=O)OCC)[nH]c(/C=N/CO)c1-c1ccc(CO)c(CO)c1CO. The number of allylic oxidation sites excluding steroid dienone is 1. The first-order valence-electron chi connectivity index (χ1n) is 9.17. The summed E-state index contributed by atoms with van der Waals surface area (Å²) in [5.74, 6) is -0.547. The van der Waals surface area contributed by atoms with Crippen LogP contribution in [-0.2, 0) is 31.0 Å². The molecule has 0 fully saturated rings. The van der Waals surface area contributed by atoms with Gasteiger partial charge >= 0.3 is 5.97 Å². The van der Waals surface area contributed by atoms with E-state index in [1.54, 1.807) is 25.1 Å². The van der Waals surface area contributed by atoms with Crippen LogP contribution in [0, 0.1) is 0 Å². The van der Waals surface area contributed by atoms with Crippen LogP contribution < -0.4 is 0 Å². The van der Waals surface area contributed by atoms with Crippen molar-refractivity contribution in [2.75, 3.05) is 13.3 Å². The lowest BCUT2D eigenvalue weighted by molar-refractivity contribution is 0.0519. The number of carbonyl (C=O) groups excluding carboxylic acids is 1. The highest BCUT2D eigenvalue weighted by Gasteiger charge is 2.25. The number of aliphatic imine (C=N–C) groups is 1. The fraction of sp³-hybridized carbons (Fsp3) is 0.333. The molecule has 0 amide bonds. The van der Waals surface area contributed by atoms with Gasteiger partial charge in [-0.3, -0.25) is 4.99 Å². The van der Waals surface area contributed by atoms with Crippen LogP contribution in [0.4, 0.5) is 0 Å². The first-order valence-corrected chi connectivity index (χ1v) is 9.17. The van der Waals surface area contributed by atoms with Crippen molar-refractivity contribution in [3.8, 4) is 11.1 Å². The molecule has 0 atom stereocenters. The largest absolute Gasteiger partial charge is 0.461 e. The zero-order valence-electron chi connectivity index (χ0n) is 16.3. The number of hydrogen-bond donors (Lipinski definition) is 5. The fourth-order valence-corrected chi connectivity index (χ4v) is 3.32. The number of esters is 1. The van der Waals surface area contributed by atoms with E-state index in [0.717, 1.165) is 0 Å². The Morgan fingerprint density at radius 2 is 1.86 bits per heavy atom. The van der Waals surface area contributed by atoms with Crippen molar-refractivity contribution in [3.05, 3.63) is 58.4 Å². The summed E-state index contributed by atoms with van der Waals surface area (Å²) in [6.45, 7) is 4.16. The predicted molar refractivity (Wildman–Crippen MR) is 109 cm³/mol. The molecule has 0 saturated heterocycles. The summed E-state index contributed by atoms with van der Waals surface area (Å²) in [6.07, 6.45) is 3.36. The van der Waals surface area contributed by atoms with Gasteiger partial charge in [-0.25, -0.2) is 4.79 Å². The molecule has 0 saturated carbocycles. The molecule has 1 aromatic carbocycles. The van der Waals surface area contributed by atoms with Gasteiger partial charge in [0.15, 0.2) is 0 Å². The number of ether oxygens (including phenoxy) is 1. The summed E-state index contributed by atoms with van der Waals surface area (Å²) in [6, 6.07) is 3.36. The summed E-state index contributed by atoms with van der Waals surface area (Å²) in [4.78, 5) is 19.3. The van der Waals surface area contributed by atoms with Gasteiger partial charge in [-0.1, -0.05) is 18.2 Å². The highest BCUT2D eigenvalue weighted by Crippen LogP contribution is 2.36. The Kier molecular flexibility index (Phi) is 8.29. The number of nitrogens with one attached hydrogen (secondary N) is 1. The van der Waals surface area contributed by atoms with Crippen LogP contribution in [0.3, 0.4) is 0 Å². The number of rotatable bonds is 10. The second-order valence-corrected chi connectivity index (χ2v) is 6.14. The van der Waals surface area contributed by atoms with E-state index in [-0.39, 0.29) is 32.1 Å². The van der Waals surface area contributed by atoms with E-state index in [9.17, 15) is 20.1 Å². The number of aromatic nitrogens is 1. The second-order valence-electron chi connectivity index (χ2n) is 6.14. The summed E-state index contributed by atoms with van der Waals surface area (Å²) in [5, 5.41) is 38.5. The number of aliphatic hydroxyl groups is 4. The highest BCUT2D eigenvalue weighted by atomic mass is 16.5. The molecular formula is C21H26N2O6. The molecule has 0 spiro atoms. The Balaban J connectivity index is 2.87. The third-order valence-corrected chi connectivity index (χ3v) is 4.55. The zero-order chi connectivity index (χ0) is 21.4. The van der Waals surface area contributed by atoms with Crippen molar-refractivity contribution in [1.82, 2.24) is 4.98 Å². The number of aromatic amines is 1. The molecule has 5 N–H and O–H groups in total. The van der Waals surface area contributed by atoms with Gasteiger partial charge in [0, 0.05) is 11.8 Å². The summed E-state index contributed by atoms with van der Waals surface area (Å²) in [7, 11) is 0. The van der Waals surface area contributed by atoms with Crippen LogP contribution in [0.2, 0.25) is 0 Å². The van der Waals surface area contributed by atoms with Crippen molar-refractivity contribution in [1.29, 1.82) is 0 Å². The lowest BCUT2D eigenvalue weighted by Gasteiger charge is -2.16. The fourth-order valence-electron chi connectivity index (χ4n) is 3.32. The van der Waals surface area contributed by atoms with E-state index in [1.165, 1.54) is 6.21 Å². The van der Waals surface area contributed by atoms with Gasteiger partial charge in [0.1, 0.15) is 12.4 Å². The molecule has 0 aliphatic carbocycles. The first-order chi connectivity index (χ1) is 14.1. The normalized spacial score (nSPS) is 11.2. The van der Waals surface area contributed by atoms with Crippen LogP contribution in [0.1, 0.15) is 45.4 Å². The number of H-pyrrole nitrogens is 1. The molecule has 8 nitrogen and oxygen atoms in total. The Morgan fingerprint density at radius 3 is 2.41 bits per heavy atom. The molecule has 1 heterocycles. The Bertz CT molecular complexity index is 901. The van der Waals surface area contributed by atoms with Crippen molar-refractivity contribution < 1.29 is 30.0 Å². The van der Waals surface area contributed by atoms with Crippen LogP contribution in [0.25, 0.3) is 11.1 Å². The molecule has 0 radical (unpaired) electrons. The van der Waals surface area contributed by atoms with Crippen LogP contribution in [-0.4, -0.2) is 50.9 Å². The number of benzene rings is 1. The lowest BCUT2D eigenvalue weighted by atomic mass is 9.89. The van der Waals surface area contributed by atoms with Crippen LogP contribution in [0.5, 0.6) is 0 Å². The smallest absolute Gasteiger partial charge is 0.355 e. The molecule has 156 valence electrons. The van der Waals surface area contributed by atoms with E-state index >= 15 is 0 Å². The minimum atomic E-state index is -0.547. The maximum absolute atomic E-state index is 12.5. The van der Waals surface area contributed by atoms with Crippen molar-refractivity contribution in [2.24, 2.45) is 4.99 Å². The summed E-state index contributed by atoms with van der Waals surface area (Å²) < 4.78 is 5.14. The number of carbonyl (C=O) groups is 1. The van der Waals surface area contributed by atoms with E-state index in [2.05, 4.69) is 16.6 Å². The average Bonchev–Trinajstić information content (AvgIpc) is 3.09. The Labute approximate surface area is 168 Å². The Morgan fingerprint density at radius 1 is 1.14 bits per heavy atom. The van der Waals surface area contributed by atoms with E-state index < -0.39 is 12.7 Å². The predicted octanol–water partition coefficient (Wildman–Crippen LogP) is 1.43. The topological polar surface area (TPSA) is 135 Å².